The third kappa shape index (κ3) is 4.85. The molecule has 0 fully saturated rings. The molecule has 0 saturated carbocycles. The van der Waals surface area contributed by atoms with Crippen molar-refractivity contribution in [2.24, 2.45) is 0 Å². The second-order valence-electron chi connectivity index (χ2n) is 7.85. The van der Waals surface area contributed by atoms with Gasteiger partial charge in [0, 0.05) is 30.1 Å². The van der Waals surface area contributed by atoms with Gasteiger partial charge in [0.05, 0.1) is 0 Å². The average Bonchev–Trinajstić information content (AvgIpc) is 2.94. The van der Waals surface area contributed by atoms with Crippen molar-refractivity contribution in [2.45, 2.75) is 51.7 Å². The number of benzene rings is 1. The Morgan fingerprint density at radius 1 is 1.36 bits per heavy atom. The SMILES string of the molecule is CC(C)(C)OC(=O)N1CC=C(CNC2CCc3ccc(Br)cc32)CC1. The summed E-state index contributed by atoms with van der Waals surface area (Å²) in [7, 11) is 0. The number of hydrogen-bond acceptors (Lipinski definition) is 3. The highest BCUT2D eigenvalue weighted by Gasteiger charge is 2.25. The van der Waals surface area contributed by atoms with E-state index >= 15 is 0 Å². The van der Waals surface area contributed by atoms with Gasteiger partial charge in [0.1, 0.15) is 5.60 Å². The molecule has 0 spiro atoms. The highest BCUT2D eigenvalue weighted by atomic mass is 79.9. The summed E-state index contributed by atoms with van der Waals surface area (Å²) in [6, 6.07) is 7.01. The summed E-state index contributed by atoms with van der Waals surface area (Å²) in [4.78, 5) is 13.9. The van der Waals surface area contributed by atoms with Crippen molar-refractivity contribution < 1.29 is 9.53 Å². The summed E-state index contributed by atoms with van der Waals surface area (Å²) in [6.45, 7) is 7.96. The van der Waals surface area contributed by atoms with E-state index in [4.69, 9.17) is 4.74 Å². The van der Waals surface area contributed by atoms with Crippen LogP contribution in [-0.4, -0.2) is 36.2 Å². The molecule has 0 radical (unpaired) electrons. The summed E-state index contributed by atoms with van der Waals surface area (Å²) in [5, 5.41) is 3.69. The molecule has 1 aromatic rings. The summed E-state index contributed by atoms with van der Waals surface area (Å²) in [5.41, 5.74) is 3.81. The first-order valence-electron chi connectivity index (χ1n) is 8.99. The first-order valence-corrected chi connectivity index (χ1v) is 9.79. The maximum atomic E-state index is 12.1. The molecule has 2 aliphatic rings. The number of carbonyl (C=O) groups excluding carboxylic acids is 1. The minimum absolute atomic E-state index is 0.217. The Kier molecular flexibility index (Phi) is 5.54. The number of fused-ring (bicyclic) bond motifs is 1. The highest BCUT2D eigenvalue weighted by Crippen LogP contribution is 2.33. The molecular formula is C20H27BrN2O2. The van der Waals surface area contributed by atoms with Gasteiger partial charge in [-0.3, -0.25) is 0 Å². The van der Waals surface area contributed by atoms with E-state index in [9.17, 15) is 4.79 Å². The Morgan fingerprint density at radius 3 is 2.84 bits per heavy atom. The maximum Gasteiger partial charge on any atom is 0.410 e. The Hall–Kier alpha value is -1.33. The molecule has 3 rings (SSSR count). The molecule has 136 valence electrons. The minimum Gasteiger partial charge on any atom is -0.444 e. The van der Waals surface area contributed by atoms with Crippen molar-refractivity contribution in [1.29, 1.82) is 0 Å². The lowest BCUT2D eigenvalue weighted by Gasteiger charge is -2.30. The van der Waals surface area contributed by atoms with E-state index in [1.165, 1.54) is 16.7 Å². The summed E-state index contributed by atoms with van der Waals surface area (Å²) >= 11 is 3.57. The van der Waals surface area contributed by atoms with Crippen LogP contribution in [0.25, 0.3) is 0 Å². The maximum absolute atomic E-state index is 12.1. The van der Waals surface area contributed by atoms with Crippen LogP contribution in [0.4, 0.5) is 4.79 Å². The molecule has 4 nitrogen and oxygen atoms in total. The molecule has 1 atom stereocenters. The van der Waals surface area contributed by atoms with Crippen molar-refractivity contribution in [1.82, 2.24) is 10.2 Å². The Bertz CT molecular complexity index is 679. The Balaban J connectivity index is 1.51. The van der Waals surface area contributed by atoms with Gasteiger partial charge in [0.25, 0.3) is 0 Å². The molecule has 1 heterocycles. The van der Waals surface area contributed by atoms with Crippen LogP contribution in [0.2, 0.25) is 0 Å². The van der Waals surface area contributed by atoms with Crippen molar-refractivity contribution in [3.05, 3.63) is 45.4 Å². The second-order valence-corrected chi connectivity index (χ2v) is 8.77. The first-order chi connectivity index (χ1) is 11.8. The van der Waals surface area contributed by atoms with Crippen LogP contribution in [0.15, 0.2) is 34.3 Å². The van der Waals surface area contributed by atoms with Crippen molar-refractivity contribution in [2.75, 3.05) is 19.6 Å². The molecule has 0 saturated heterocycles. The van der Waals surface area contributed by atoms with Crippen LogP contribution in [0.3, 0.4) is 0 Å². The molecule has 1 aliphatic heterocycles. The lowest BCUT2D eigenvalue weighted by atomic mass is 10.1. The van der Waals surface area contributed by atoms with Gasteiger partial charge in [-0.15, -0.1) is 0 Å². The van der Waals surface area contributed by atoms with E-state index in [1.807, 2.05) is 20.8 Å². The lowest BCUT2D eigenvalue weighted by Crippen LogP contribution is -2.40. The van der Waals surface area contributed by atoms with E-state index in [2.05, 4.69) is 45.5 Å². The monoisotopic (exact) mass is 406 g/mol. The first kappa shape index (κ1) is 18.5. The topological polar surface area (TPSA) is 41.6 Å². The number of nitrogens with one attached hydrogen (secondary N) is 1. The van der Waals surface area contributed by atoms with Gasteiger partial charge in [-0.05, 0) is 63.3 Å². The van der Waals surface area contributed by atoms with Crippen LogP contribution in [0.1, 0.15) is 50.8 Å². The number of carbonyl (C=O) groups is 1. The smallest absolute Gasteiger partial charge is 0.410 e. The number of nitrogens with zero attached hydrogens (tertiary/aromatic N) is 1. The second kappa shape index (κ2) is 7.50. The van der Waals surface area contributed by atoms with Crippen LogP contribution >= 0.6 is 15.9 Å². The Morgan fingerprint density at radius 2 is 2.16 bits per heavy atom. The van der Waals surface area contributed by atoms with Gasteiger partial charge in [-0.2, -0.15) is 0 Å². The van der Waals surface area contributed by atoms with Crippen molar-refractivity contribution in [3.8, 4) is 0 Å². The van der Waals surface area contributed by atoms with E-state index in [-0.39, 0.29) is 6.09 Å². The minimum atomic E-state index is -0.438. The van der Waals surface area contributed by atoms with Gasteiger partial charge >= 0.3 is 6.09 Å². The van der Waals surface area contributed by atoms with Crippen LogP contribution in [-0.2, 0) is 11.2 Å². The van der Waals surface area contributed by atoms with Gasteiger partial charge in [-0.1, -0.05) is 33.6 Å². The van der Waals surface area contributed by atoms with Gasteiger partial charge in [-0.25, -0.2) is 4.79 Å². The van der Waals surface area contributed by atoms with Gasteiger partial charge < -0.3 is 15.0 Å². The number of amides is 1. The molecule has 1 N–H and O–H groups in total. The number of hydrogen-bond donors (Lipinski definition) is 1. The van der Waals surface area contributed by atoms with E-state index in [1.54, 1.807) is 4.90 Å². The lowest BCUT2D eigenvalue weighted by molar-refractivity contribution is 0.0265. The molecule has 1 amide bonds. The predicted molar refractivity (Wildman–Crippen MR) is 104 cm³/mol. The zero-order valence-corrected chi connectivity index (χ0v) is 16.9. The normalized spacial score (nSPS) is 20.2. The van der Waals surface area contributed by atoms with Crippen molar-refractivity contribution in [3.63, 3.8) is 0 Å². The summed E-state index contributed by atoms with van der Waals surface area (Å²) in [5.74, 6) is 0. The molecular weight excluding hydrogens is 380 g/mol. The molecule has 1 aromatic carbocycles. The number of rotatable bonds is 3. The molecule has 0 bridgehead atoms. The van der Waals surface area contributed by atoms with Crippen LogP contribution in [0, 0.1) is 0 Å². The fourth-order valence-corrected chi connectivity index (χ4v) is 3.78. The molecule has 0 aromatic heterocycles. The summed E-state index contributed by atoms with van der Waals surface area (Å²) in [6.07, 6.45) is 5.15. The fraction of sp³-hybridized carbons (Fsp3) is 0.550. The zero-order chi connectivity index (χ0) is 18.0. The van der Waals surface area contributed by atoms with Crippen LogP contribution < -0.4 is 5.32 Å². The van der Waals surface area contributed by atoms with Crippen molar-refractivity contribution >= 4 is 22.0 Å². The Labute approximate surface area is 158 Å². The number of halogens is 1. The predicted octanol–water partition coefficient (Wildman–Crippen LogP) is 4.59. The molecule has 25 heavy (non-hydrogen) atoms. The van der Waals surface area contributed by atoms with E-state index in [0.717, 1.165) is 36.8 Å². The molecule has 5 heteroatoms. The van der Waals surface area contributed by atoms with Gasteiger partial charge in [0.15, 0.2) is 0 Å². The summed E-state index contributed by atoms with van der Waals surface area (Å²) < 4.78 is 6.58. The standard InChI is InChI=1S/C20H27BrN2O2/c1-20(2,3)25-19(24)23-10-8-14(9-11-23)13-22-18-7-5-15-4-6-16(21)12-17(15)18/h4,6,8,12,18,22H,5,7,9-11,13H2,1-3H3. The third-order valence-electron chi connectivity index (χ3n) is 4.72. The zero-order valence-electron chi connectivity index (χ0n) is 15.3. The number of ether oxygens (including phenoxy) is 1. The van der Waals surface area contributed by atoms with Crippen LogP contribution in [0.5, 0.6) is 0 Å². The quantitative estimate of drug-likeness (QED) is 0.745. The average molecular weight is 407 g/mol. The van der Waals surface area contributed by atoms with E-state index < -0.39 is 5.60 Å². The molecule has 1 aliphatic carbocycles. The number of aryl methyl sites for hydroxylation is 1. The van der Waals surface area contributed by atoms with Gasteiger partial charge in [0.2, 0.25) is 0 Å². The fourth-order valence-electron chi connectivity index (χ4n) is 3.40. The third-order valence-corrected chi connectivity index (χ3v) is 5.21. The molecule has 1 unspecified atom stereocenters. The largest absolute Gasteiger partial charge is 0.444 e. The van der Waals surface area contributed by atoms with E-state index in [0.29, 0.717) is 12.6 Å². The highest BCUT2D eigenvalue weighted by molar-refractivity contribution is 9.10.